The van der Waals surface area contributed by atoms with Crippen molar-refractivity contribution in [3.8, 4) is 0 Å². The smallest absolute Gasteiger partial charge is 0.227 e. The normalized spacial score (nSPS) is 24.2. The first-order valence-corrected chi connectivity index (χ1v) is 8.82. The molecule has 24 heavy (non-hydrogen) atoms. The van der Waals surface area contributed by atoms with Crippen LogP contribution < -0.4 is 10.6 Å². The maximum absolute atomic E-state index is 12.1. The zero-order valence-corrected chi connectivity index (χ0v) is 17.8. The molecule has 140 valence electrons. The first-order chi connectivity index (χ1) is 10.9. The van der Waals surface area contributed by atoms with E-state index >= 15 is 0 Å². The van der Waals surface area contributed by atoms with Gasteiger partial charge in [0.15, 0.2) is 5.96 Å². The summed E-state index contributed by atoms with van der Waals surface area (Å²) >= 11 is 0. The van der Waals surface area contributed by atoms with Crippen LogP contribution in [0.5, 0.6) is 0 Å². The molecule has 1 atom stereocenters. The predicted molar refractivity (Wildman–Crippen MR) is 108 cm³/mol. The van der Waals surface area contributed by atoms with Crippen LogP contribution in [0.15, 0.2) is 4.99 Å². The molecule has 0 aliphatic carbocycles. The number of amides is 1. The summed E-state index contributed by atoms with van der Waals surface area (Å²) in [6.45, 7) is 13.6. The van der Waals surface area contributed by atoms with Crippen LogP contribution in [0.4, 0.5) is 0 Å². The Morgan fingerprint density at radius 1 is 1.25 bits per heavy atom. The molecule has 2 N–H and O–H groups in total. The third-order valence-corrected chi connectivity index (χ3v) is 4.83. The van der Waals surface area contributed by atoms with E-state index in [9.17, 15) is 4.79 Å². The Morgan fingerprint density at radius 3 is 2.54 bits per heavy atom. The number of guanidine groups is 1. The van der Waals surface area contributed by atoms with Gasteiger partial charge in [-0.2, -0.15) is 0 Å². The van der Waals surface area contributed by atoms with Gasteiger partial charge in [0, 0.05) is 38.2 Å². The molecule has 7 heteroatoms. The minimum atomic E-state index is -0.495. The molecule has 2 fully saturated rings. The molecule has 0 radical (unpaired) electrons. The second-order valence-electron chi connectivity index (χ2n) is 7.39. The van der Waals surface area contributed by atoms with Crippen molar-refractivity contribution in [3.05, 3.63) is 0 Å². The van der Waals surface area contributed by atoms with E-state index in [4.69, 9.17) is 9.73 Å². The number of hydrogen-bond acceptors (Lipinski definition) is 3. The summed E-state index contributed by atoms with van der Waals surface area (Å²) in [7, 11) is 0. The lowest BCUT2D eigenvalue weighted by Gasteiger charge is -2.27. The Kier molecular flexibility index (Phi) is 8.25. The summed E-state index contributed by atoms with van der Waals surface area (Å²) in [5, 5.41) is 6.27. The average molecular weight is 452 g/mol. The first-order valence-electron chi connectivity index (χ1n) is 8.82. The molecule has 2 aliphatic heterocycles. The quantitative estimate of drug-likeness (QED) is 0.380. The molecule has 0 aromatic heterocycles. The van der Waals surface area contributed by atoms with Crippen molar-refractivity contribution in [2.75, 3.05) is 45.9 Å². The van der Waals surface area contributed by atoms with E-state index in [1.54, 1.807) is 0 Å². The molecule has 2 heterocycles. The van der Waals surface area contributed by atoms with E-state index in [2.05, 4.69) is 22.5 Å². The van der Waals surface area contributed by atoms with Crippen LogP contribution in [-0.4, -0.2) is 62.7 Å². The Balaban J connectivity index is 0.00000288. The number of aliphatic imine (C=N–C) groups is 1. The maximum atomic E-state index is 12.1. The lowest BCUT2D eigenvalue weighted by molar-refractivity contribution is -0.128. The van der Waals surface area contributed by atoms with Crippen LogP contribution in [0.3, 0.4) is 0 Å². The van der Waals surface area contributed by atoms with Crippen LogP contribution in [0.1, 0.15) is 40.5 Å². The highest BCUT2D eigenvalue weighted by Gasteiger charge is 2.42. The number of halogens is 1. The summed E-state index contributed by atoms with van der Waals surface area (Å²) in [5.41, 5.74) is -0.185. The van der Waals surface area contributed by atoms with E-state index in [1.807, 2.05) is 20.8 Å². The highest BCUT2D eigenvalue weighted by molar-refractivity contribution is 14.0. The van der Waals surface area contributed by atoms with Gasteiger partial charge in [0.25, 0.3) is 0 Å². The van der Waals surface area contributed by atoms with Crippen LogP contribution in [0.25, 0.3) is 0 Å². The zero-order valence-electron chi connectivity index (χ0n) is 15.5. The van der Waals surface area contributed by atoms with Gasteiger partial charge in [-0.1, -0.05) is 0 Å². The molecule has 2 aliphatic rings. The van der Waals surface area contributed by atoms with Crippen LogP contribution in [-0.2, 0) is 9.53 Å². The summed E-state index contributed by atoms with van der Waals surface area (Å²) in [6, 6.07) is 0. The standard InChI is InChI=1S/C17H32N4O2.HI/c1-5-18-14(22)16(3,4)11-20-15(19-6-2)21-9-7-17(12-21)8-10-23-13-17;/h5-13H2,1-4H3,(H,18,22)(H,19,20);1H. The lowest BCUT2D eigenvalue weighted by atomic mass is 9.87. The minimum Gasteiger partial charge on any atom is -0.381 e. The SMILES string of the molecule is CCNC(=O)C(C)(C)CN=C(NCC)N1CCC2(CCOC2)C1.I. The number of ether oxygens (including phenoxy) is 1. The second-order valence-corrected chi connectivity index (χ2v) is 7.39. The molecule has 0 bridgehead atoms. The molecule has 0 aromatic carbocycles. The molecule has 1 spiro atoms. The number of rotatable bonds is 5. The van der Waals surface area contributed by atoms with Gasteiger partial charge in [-0.3, -0.25) is 9.79 Å². The molecular formula is C17H33IN4O2. The first kappa shape index (κ1) is 21.5. The highest BCUT2D eigenvalue weighted by Crippen LogP contribution is 2.38. The highest BCUT2D eigenvalue weighted by atomic mass is 127. The fraction of sp³-hybridized carbons (Fsp3) is 0.882. The molecular weight excluding hydrogens is 419 g/mol. The topological polar surface area (TPSA) is 66.0 Å². The Bertz CT molecular complexity index is 448. The lowest BCUT2D eigenvalue weighted by Crippen LogP contribution is -2.43. The predicted octanol–water partition coefficient (Wildman–Crippen LogP) is 1.84. The van der Waals surface area contributed by atoms with E-state index in [1.165, 1.54) is 0 Å². The van der Waals surface area contributed by atoms with Crippen LogP contribution in [0, 0.1) is 10.8 Å². The van der Waals surface area contributed by atoms with Gasteiger partial charge < -0.3 is 20.3 Å². The summed E-state index contributed by atoms with van der Waals surface area (Å²) in [4.78, 5) is 19.2. The zero-order chi connectivity index (χ0) is 16.9. The van der Waals surface area contributed by atoms with Gasteiger partial charge in [-0.05, 0) is 40.5 Å². The Hall–Kier alpha value is -0.570. The van der Waals surface area contributed by atoms with Gasteiger partial charge in [-0.25, -0.2) is 0 Å². The number of carbonyl (C=O) groups is 1. The van der Waals surface area contributed by atoms with E-state index in [-0.39, 0.29) is 29.9 Å². The van der Waals surface area contributed by atoms with Crippen molar-refractivity contribution < 1.29 is 9.53 Å². The molecule has 0 saturated carbocycles. The van der Waals surface area contributed by atoms with E-state index in [0.717, 1.165) is 51.6 Å². The second kappa shape index (κ2) is 9.22. The van der Waals surface area contributed by atoms with Crippen molar-refractivity contribution in [1.29, 1.82) is 0 Å². The molecule has 1 unspecified atom stereocenters. The van der Waals surface area contributed by atoms with Crippen LogP contribution >= 0.6 is 24.0 Å². The molecule has 2 rings (SSSR count). The molecule has 0 aromatic rings. The largest absolute Gasteiger partial charge is 0.381 e. The number of hydrogen-bond donors (Lipinski definition) is 2. The van der Waals surface area contributed by atoms with E-state index < -0.39 is 5.41 Å². The van der Waals surface area contributed by atoms with Crippen molar-refractivity contribution in [1.82, 2.24) is 15.5 Å². The molecule has 6 nitrogen and oxygen atoms in total. The summed E-state index contributed by atoms with van der Waals surface area (Å²) < 4.78 is 5.60. The Morgan fingerprint density at radius 2 is 1.96 bits per heavy atom. The molecule has 2 saturated heterocycles. The third-order valence-electron chi connectivity index (χ3n) is 4.83. The summed E-state index contributed by atoms with van der Waals surface area (Å²) in [6.07, 6.45) is 2.31. The van der Waals surface area contributed by atoms with E-state index in [0.29, 0.717) is 18.5 Å². The van der Waals surface area contributed by atoms with Gasteiger partial charge >= 0.3 is 0 Å². The number of nitrogens with one attached hydrogen (secondary N) is 2. The number of carbonyl (C=O) groups excluding carboxylic acids is 1. The van der Waals surface area contributed by atoms with Crippen LogP contribution in [0.2, 0.25) is 0 Å². The van der Waals surface area contributed by atoms with Crippen molar-refractivity contribution >= 4 is 35.8 Å². The molecule has 1 amide bonds. The third kappa shape index (κ3) is 5.21. The fourth-order valence-electron chi connectivity index (χ4n) is 3.26. The van der Waals surface area contributed by atoms with Crippen molar-refractivity contribution in [3.63, 3.8) is 0 Å². The Labute approximate surface area is 163 Å². The van der Waals surface area contributed by atoms with Gasteiger partial charge in [0.1, 0.15) is 0 Å². The monoisotopic (exact) mass is 452 g/mol. The maximum Gasteiger partial charge on any atom is 0.227 e. The van der Waals surface area contributed by atoms with Gasteiger partial charge in [-0.15, -0.1) is 24.0 Å². The van der Waals surface area contributed by atoms with Gasteiger partial charge in [0.05, 0.1) is 18.6 Å². The van der Waals surface area contributed by atoms with Gasteiger partial charge in [0.2, 0.25) is 5.91 Å². The fourth-order valence-corrected chi connectivity index (χ4v) is 3.26. The minimum absolute atomic E-state index is 0. The number of likely N-dealkylation sites (tertiary alicyclic amines) is 1. The summed E-state index contributed by atoms with van der Waals surface area (Å²) in [5.74, 6) is 0.982. The average Bonchev–Trinajstić information content (AvgIpc) is 3.14. The van der Waals surface area contributed by atoms with Crippen molar-refractivity contribution in [2.24, 2.45) is 15.8 Å². The van der Waals surface area contributed by atoms with Crippen molar-refractivity contribution in [2.45, 2.75) is 40.5 Å². The number of nitrogens with zero attached hydrogens (tertiary/aromatic N) is 2.